The van der Waals surface area contributed by atoms with E-state index in [0.717, 1.165) is 0 Å². The van der Waals surface area contributed by atoms with Gasteiger partial charge in [0.25, 0.3) is 5.91 Å². The molecule has 37 heavy (non-hydrogen) atoms. The molecule has 1 atom stereocenters. The molecule has 0 fully saturated rings. The molecule has 3 aromatic rings. The fourth-order valence-electron chi connectivity index (χ4n) is 3.48. The predicted octanol–water partition coefficient (Wildman–Crippen LogP) is 7.33. The summed E-state index contributed by atoms with van der Waals surface area (Å²) in [4.78, 5) is 25.6. The zero-order valence-electron chi connectivity index (χ0n) is 20.1. The molecule has 2 amide bonds. The van der Waals surface area contributed by atoms with Crippen LogP contribution in [-0.2, 0) is 11.3 Å². The van der Waals surface area contributed by atoms with E-state index in [1.54, 1.807) is 36.4 Å². The Labute approximate surface area is 239 Å². The van der Waals surface area contributed by atoms with Crippen LogP contribution in [0.15, 0.2) is 54.2 Å². The summed E-state index contributed by atoms with van der Waals surface area (Å²) >= 11 is 25.6. The summed E-state index contributed by atoms with van der Waals surface area (Å²) in [7, 11) is 0. The third kappa shape index (κ3) is 8.12. The minimum Gasteiger partial charge on any atom is -0.342 e. The molecule has 1 heterocycles. The average molecular weight is 601 g/mol. The molecule has 0 saturated carbocycles. The van der Waals surface area contributed by atoms with Gasteiger partial charge in [-0.15, -0.1) is 16.8 Å². The van der Waals surface area contributed by atoms with Crippen molar-refractivity contribution in [2.75, 3.05) is 11.1 Å². The third-order valence-electron chi connectivity index (χ3n) is 5.09. The van der Waals surface area contributed by atoms with Crippen molar-refractivity contribution in [2.45, 2.75) is 38.0 Å². The van der Waals surface area contributed by atoms with Crippen LogP contribution < -0.4 is 10.6 Å². The topological polar surface area (TPSA) is 88.9 Å². The van der Waals surface area contributed by atoms with Crippen LogP contribution in [0.4, 0.5) is 5.69 Å². The zero-order valence-corrected chi connectivity index (χ0v) is 23.9. The highest BCUT2D eigenvalue weighted by molar-refractivity contribution is 7.99. The second-order valence-electron chi connectivity index (χ2n) is 8.48. The first kappa shape index (κ1) is 29.3. The number of carbonyl (C=O) groups is 2. The van der Waals surface area contributed by atoms with Crippen molar-refractivity contribution in [2.24, 2.45) is 5.92 Å². The van der Waals surface area contributed by atoms with Gasteiger partial charge in [-0.25, -0.2) is 0 Å². The zero-order chi connectivity index (χ0) is 27.1. The quantitative estimate of drug-likeness (QED) is 0.178. The summed E-state index contributed by atoms with van der Waals surface area (Å²) < 4.78 is 1.83. The smallest absolute Gasteiger partial charge is 0.253 e. The number of anilines is 1. The maximum Gasteiger partial charge on any atom is 0.253 e. The highest BCUT2D eigenvalue weighted by Gasteiger charge is 2.25. The number of amides is 2. The van der Waals surface area contributed by atoms with Crippen molar-refractivity contribution >= 4 is 75.7 Å². The number of rotatable bonds is 11. The van der Waals surface area contributed by atoms with Gasteiger partial charge in [-0.05, 0) is 48.7 Å². The monoisotopic (exact) mass is 599 g/mol. The number of nitrogens with one attached hydrogen (secondary N) is 2. The Kier molecular flexibility index (Phi) is 10.7. The lowest BCUT2D eigenvalue weighted by Gasteiger charge is -2.21. The van der Waals surface area contributed by atoms with Gasteiger partial charge in [0.15, 0.2) is 11.0 Å². The second kappa shape index (κ2) is 13.5. The number of allylic oxidation sites excluding steroid dienone is 1. The summed E-state index contributed by atoms with van der Waals surface area (Å²) in [5, 5.41) is 16.5. The Bertz CT molecular complexity index is 1300. The Morgan fingerprint density at radius 1 is 1.05 bits per heavy atom. The molecule has 0 spiro atoms. The van der Waals surface area contributed by atoms with Crippen LogP contribution in [0.25, 0.3) is 0 Å². The number of thioether (sulfide) groups is 1. The Balaban J connectivity index is 1.79. The van der Waals surface area contributed by atoms with Crippen LogP contribution in [0.2, 0.25) is 20.1 Å². The van der Waals surface area contributed by atoms with Crippen molar-refractivity contribution in [1.82, 2.24) is 20.1 Å². The number of benzene rings is 2. The molecule has 2 N–H and O–H groups in total. The maximum atomic E-state index is 13.1. The molecule has 12 heteroatoms. The first-order valence-electron chi connectivity index (χ1n) is 11.3. The molecule has 0 aliphatic heterocycles. The minimum absolute atomic E-state index is 0.0553. The molecule has 3 rings (SSSR count). The van der Waals surface area contributed by atoms with Gasteiger partial charge in [0.05, 0.1) is 33.1 Å². The van der Waals surface area contributed by atoms with Gasteiger partial charge in [-0.2, -0.15) is 0 Å². The molecule has 0 saturated heterocycles. The van der Waals surface area contributed by atoms with Crippen LogP contribution in [-0.4, -0.2) is 32.3 Å². The van der Waals surface area contributed by atoms with Crippen molar-refractivity contribution in [1.29, 1.82) is 0 Å². The largest absolute Gasteiger partial charge is 0.342 e. The van der Waals surface area contributed by atoms with E-state index in [4.69, 9.17) is 46.4 Å². The van der Waals surface area contributed by atoms with Crippen LogP contribution in [0.1, 0.15) is 42.5 Å². The number of halogens is 4. The van der Waals surface area contributed by atoms with Gasteiger partial charge in [-0.1, -0.05) is 78.1 Å². The van der Waals surface area contributed by atoms with Crippen LogP contribution in [0.5, 0.6) is 0 Å². The fourth-order valence-corrected chi connectivity index (χ4v) is 5.07. The molecule has 0 aliphatic carbocycles. The number of hydrogen-bond acceptors (Lipinski definition) is 5. The molecule has 0 aliphatic rings. The molecule has 1 aromatic heterocycles. The third-order valence-corrected chi connectivity index (χ3v) is 7.17. The van der Waals surface area contributed by atoms with E-state index in [1.165, 1.54) is 17.8 Å². The highest BCUT2D eigenvalue weighted by atomic mass is 35.5. The number of aromatic nitrogens is 3. The van der Waals surface area contributed by atoms with E-state index >= 15 is 0 Å². The Hall–Kier alpha value is -2.23. The summed E-state index contributed by atoms with van der Waals surface area (Å²) in [5.74, 6) is 0.206. The van der Waals surface area contributed by atoms with Crippen molar-refractivity contribution in [3.05, 3.63) is 80.5 Å². The van der Waals surface area contributed by atoms with E-state index in [-0.39, 0.29) is 28.5 Å². The minimum atomic E-state index is -0.458. The average Bonchev–Trinajstić information content (AvgIpc) is 3.22. The van der Waals surface area contributed by atoms with Gasteiger partial charge in [0.2, 0.25) is 5.91 Å². The number of carbonyl (C=O) groups excluding carboxylic acids is 2. The van der Waals surface area contributed by atoms with Crippen molar-refractivity contribution < 1.29 is 9.59 Å². The lowest BCUT2D eigenvalue weighted by atomic mass is 10.0. The van der Waals surface area contributed by atoms with E-state index < -0.39 is 6.04 Å². The summed E-state index contributed by atoms with van der Waals surface area (Å²) in [6, 6.07) is 9.08. The van der Waals surface area contributed by atoms with E-state index in [9.17, 15) is 9.59 Å². The Morgan fingerprint density at radius 3 is 2.43 bits per heavy atom. The predicted molar refractivity (Wildman–Crippen MR) is 152 cm³/mol. The lowest BCUT2D eigenvalue weighted by Crippen LogP contribution is -2.32. The van der Waals surface area contributed by atoms with Crippen LogP contribution >= 0.6 is 58.2 Å². The second-order valence-corrected chi connectivity index (χ2v) is 11.1. The van der Waals surface area contributed by atoms with Crippen LogP contribution in [0.3, 0.4) is 0 Å². The molecular formula is C25H25Cl4N5O2S. The van der Waals surface area contributed by atoms with Gasteiger partial charge >= 0.3 is 0 Å². The van der Waals surface area contributed by atoms with Gasteiger partial charge in [-0.3, -0.25) is 9.59 Å². The fraction of sp³-hybridized carbons (Fsp3) is 0.280. The van der Waals surface area contributed by atoms with E-state index in [0.29, 0.717) is 50.3 Å². The normalized spacial score (nSPS) is 11.9. The first-order chi connectivity index (χ1) is 17.6. The van der Waals surface area contributed by atoms with E-state index in [2.05, 4.69) is 27.4 Å². The molecule has 196 valence electrons. The summed E-state index contributed by atoms with van der Waals surface area (Å²) in [6.45, 7) is 8.30. The van der Waals surface area contributed by atoms with E-state index in [1.807, 2.05) is 18.4 Å². The number of nitrogens with zero attached hydrogens (tertiary/aromatic N) is 3. The SMILES string of the molecule is C=CCn1c(SCC(=O)Nc2cc(Cl)ccc2Cl)nnc1[C@@H](CC(C)C)NC(=O)c1ccc(Cl)cc1Cl. The molecular weight excluding hydrogens is 576 g/mol. The van der Waals surface area contributed by atoms with Gasteiger partial charge in [0.1, 0.15) is 0 Å². The van der Waals surface area contributed by atoms with Crippen molar-refractivity contribution in [3.8, 4) is 0 Å². The molecule has 0 radical (unpaired) electrons. The summed E-state index contributed by atoms with van der Waals surface area (Å²) in [5.41, 5.74) is 0.731. The molecule has 7 nitrogen and oxygen atoms in total. The lowest BCUT2D eigenvalue weighted by molar-refractivity contribution is -0.113. The molecule has 0 unspecified atom stereocenters. The Morgan fingerprint density at radius 2 is 1.76 bits per heavy atom. The molecule has 2 aromatic carbocycles. The van der Waals surface area contributed by atoms with Crippen molar-refractivity contribution in [3.63, 3.8) is 0 Å². The molecule has 0 bridgehead atoms. The van der Waals surface area contributed by atoms with Gasteiger partial charge < -0.3 is 15.2 Å². The highest BCUT2D eigenvalue weighted by Crippen LogP contribution is 2.28. The summed E-state index contributed by atoms with van der Waals surface area (Å²) in [6.07, 6.45) is 2.30. The first-order valence-corrected chi connectivity index (χ1v) is 13.8. The standard InChI is InChI=1S/C25H25Cl4N5O2S/c1-4-9-34-23(21(10-14(2)3)31-24(36)17-7-5-15(26)11-19(17)29)32-33-25(34)37-13-22(35)30-20-12-16(27)6-8-18(20)28/h4-8,11-12,14,21H,1,9-10,13H2,2-3H3,(H,30,35)(H,31,36)/t21-/m1/s1. The maximum absolute atomic E-state index is 13.1. The van der Waals surface area contributed by atoms with Gasteiger partial charge in [0, 0.05) is 16.6 Å². The number of hydrogen-bond donors (Lipinski definition) is 2. The van der Waals surface area contributed by atoms with Crippen LogP contribution in [0, 0.1) is 5.92 Å².